The smallest absolute Gasteiger partial charge is 0.236 e. The number of nitriles is 1. The highest BCUT2D eigenvalue weighted by molar-refractivity contribution is 5.93. The van der Waals surface area contributed by atoms with Crippen molar-refractivity contribution in [1.82, 2.24) is 19.7 Å². The topological polar surface area (TPSA) is 115 Å². The number of pyridine rings is 1. The Kier molecular flexibility index (Phi) is 8.04. The summed E-state index contributed by atoms with van der Waals surface area (Å²) < 4.78 is 19.4. The van der Waals surface area contributed by atoms with Crippen LogP contribution in [0.25, 0.3) is 11.0 Å². The van der Waals surface area contributed by atoms with Crippen LogP contribution in [0.5, 0.6) is 28.7 Å². The van der Waals surface area contributed by atoms with E-state index in [0.717, 1.165) is 28.9 Å². The molecule has 1 fully saturated rings. The van der Waals surface area contributed by atoms with Gasteiger partial charge >= 0.3 is 0 Å². The number of ether oxygens (including phenoxy) is 3. The van der Waals surface area contributed by atoms with Crippen molar-refractivity contribution in [2.45, 2.75) is 25.4 Å². The molecule has 0 aliphatic carbocycles. The van der Waals surface area contributed by atoms with E-state index in [0.29, 0.717) is 48.3 Å². The SMILES string of the molecule is COc1ccc(Cn2nc(NC3CCN(C(=O)CC#N)C3)c3c(Oc4ccc(Oc5ccccc5)cc4)ccnc32)cc1. The summed E-state index contributed by atoms with van der Waals surface area (Å²) in [5.41, 5.74) is 1.70. The summed E-state index contributed by atoms with van der Waals surface area (Å²) in [4.78, 5) is 18.7. The van der Waals surface area contributed by atoms with Crippen molar-refractivity contribution < 1.29 is 19.0 Å². The van der Waals surface area contributed by atoms with E-state index in [4.69, 9.17) is 24.6 Å². The van der Waals surface area contributed by atoms with Crippen LogP contribution in [0.2, 0.25) is 0 Å². The Balaban J connectivity index is 1.29. The Hall–Kier alpha value is -5.56. The minimum Gasteiger partial charge on any atom is -0.497 e. The molecule has 0 saturated carbocycles. The van der Waals surface area contributed by atoms with Crippen LogP contribution in [0.15, 0.2) is 91.1 Å². The zero-order valence-corrected chi connectivity index (χ0v) is 23.6. The molecule has 0 radical (unpaired) electrons. The minimum absolute atomic E-state index is 0.0299. The van der Waals surface area contributed by atoms with Gasteiger partial charge in [-0.2, -0.15) is 10.4 Å². The van der Waals surface area contributed by atoms with E-state index in [1.165, 1.54) is 0 Å². The molecule has 3 aromatic carbocycles. The summed E-state index contributed by atoms with van der Waals surface area (Å²) in [7, 11) is 1.64. The molecule has 43 heavy (non-hydrogen) atoms. The molecule has 0 spiro atoms. The van der Waals surface area contributed by atoms with Gasteiger partial charge in [-0.1, -0.05) is 30.3 Å². The maximum Gasteiger partial charge on any atom is 0.236 e. The summed E-state index contributed by atoms with van der Waals surface area (Å²) in [6.45, 7) is 1.57. The van der Waals surface area contributed by atoms with Crippen molar-refractivity contribution in [3.8, 4) is 34.8 Å². The fourth-order valence-electron chi connectivity index (χ4n) is 5.07. The number of nitrogens with zero attached hydrogens (tertiary/aromatic N) is 5. The first-order valence-electron chi connectivity index (χ1n) is 14.0. The number of benzene rings is 3. The molecule has 6 rings (SSSR count). The van der Waals surface area contributed by atoms with E-state index in [2.05, 4.69) is 10.3 Å². The molecule has 10 heteroatoms. The average molecular weight is 575 g/mol. The zero-order chi connectivity index (χ0) is 29.6. The second kappa shape index (κ2) is 12.5. The first-order valence-corrected chi connectivity index (χ1v) is 14.0. The van der Waals surface area contributed by atoms with Gasteiger partial charge in [-0.05, 0) is 60.5 Å². The number of rotatable bonds is 10. The predicted molar refractivity (Wildman–Crippen MR) is 161 cm³/mol. The molecule has 5 aromatic rings. The molecule has 216 valence electrons. The van der Waals surface area contributed by atoms with Crippen LogP contribution in [-0.2, 0) is 11.3 Å². The summed E-state index contributed by atoms with van der Waals surface area (Å²) in [6.07, 6.45) is 2.32. The number of amides is 1. The van der Waals surface area contributed by atoms with E-state index in [1.807, 2.05) is 95.7 Å². The number of hydrogen-bond acceptors (Lipinski definition) is 8. The summed E-state index contributed by atoms with van der Waals surface area (Å²) in [6, 6.07) is 28.6. The van der Waals surface area contributed by atoms with Gasteiger partial charge < -0.3 is 24.4 Å². The monoisotopic (exact) mass is 574 g/mol. The average Bonchev–Trinajstić information content (AvgIpc) is 3.65. The Morgan fingerprint density at radius 2 is 1.65 bits per heavy atom. The molecule has 1 amide bonds. The number of para-hydroxylation sites is 1. The van der Waals surface area contributed by atoms with Crippen molar-refractivity contribution in [2.24, 2.45) is 0 Å². The minimum atomic E-state index is -0.160. The van der Waals surface area contributed by atoms with Crippen LogP contribution in [0.3, 0.4) is 0 Å². The molecule has 0 bridgehead atoms. The molecule has 2 aromatic heterocycles. The van der Waals surface area contributed by atoms with Crippen LogP contribution in [0.1, 0.15) is 18.4 Å². The number of aromatic nitrogens is 3. The maximum atomic E-state index is 12.3. The van der Waals surface area contributed by atoms with Gasteiger partial charge in [0.2, 0.25) is 5.91 Å². The van der Waals surface area contributed by atoms with Gasteiger partial charge in [-0.3, -0.25) is 4.79 Å². The highest BCUT2D eigenvalue weighted by Crippen LogP contribution is 2.36. The number of nitrogens with one attached hydrogen (secondary N) is 1. The lowest BCUT2D eigenvalue weighted by molar-refractivity contribution is -0.129. The van der Waals surface area contributed by atoms with E-state index >= 15 is 0 Å². The fourth-order valence-corrected chi connectivity index (χ4v) is 5.07. The molecular weight excluding hydrogens is 544 g/mol. The molecule has 1 unspecified atom stereocenters. The summed E-state index contributed by atoms with van der Waals surface area (Å²) in [5.74, 6) is 3.93. The van der Waals surface area contributed by atoms with E-state index in [-0.39, 0.29) is 18.4 Å². The van der Waals surface area contributed by atoms with Gasteiger partial charge in [0.25, 0.3) is 0 Å². The lowest BCUT2D eigenvalue weighted by atomic mass is 10.2. The number of hydrogen-bond donors (Lipinski definition) is 1. The number of fused-ring (bicyclic) bond motifs is 1. The first kappa shape index (κ1) is 27.6. The highest BCUT2D eigenvalue weighted by Gasteiger charge is 2.28. The lowest BCUT2D eigenvalue weighted by Gasteiger charge is -2.16. The normalized spacial score (nSPS) is 14.3. The Labute approximate surface area is 249 Å². The van der Waals surface area contributed by atoms with Gasteiger partial charge in [0.05, 0.1) is 19.7 Å². The first-order chi connectivity index (χ1) is 21.1. The largest absolute Gasteiger partial charge is 0.497 e. The van der Waals surface area contributed by atoms with Crippen LogP contribution >= 0.6 is 0 Å². The van der Waals surface area contributed by atoms with Crippen molar-refractivity contribution in [1.29, 1.82) is 5.26 Å². The van der Waals surface area contributed by atoms with Crippen molar-refractivity contribution in [3.05, 3.63) is 96.7 Å². The molecule has 1 saturated heterocycles. The van der Waals surface area contributed by atoms with Crippen LogP contribution in [0, 0.1) is 11.3 Å². The highest BCUT2D eigenvalue weighted by atomic mass is 16.5. The van der Waals surface area contributed by atoms with Crippen molar-refractivity contribution in [2.75, 3.05) is 25.5 Å². The number of methoxy groups -OCH3 is 1. The van der Waals surface area contributed by atoms with E-state index in [9.17, 15) is 4.79 Å². The zero-order valence-electron chi connectivity index (χ0n) is 23.6. The quantitative estimate of drug-likeness (QED) is 0.216. The van der Waals surface area contributed by atoms with E-state index < -0.39 is 0 Å². The van der Waals surface area contributed by atoms with Crippen LogP contribution in [-0.4, -0.2) is 51.8 Å². The molecule has 1 N–H and O–H groups in total. The predicted octanol–water partition coefficient (Wildman–Crippen LogP) is 6.00. The van der Waals surface area contributed by atoms with Gasteiger partial charge in [0.1, 0.15) is 40.6 Å². The molecule has 1 aliphatic heterocycles. The summed E-state index contributed by atoms with van der Waals surface area (Å²) in [5, 5.41) is 18.1. The third kappa shape index (κ3) is 6.36. The lowest BCUT2D eigenvalue weighted by Crippen LogP contribution is -2.31. The summed E-state index contributed by atoms with van der Waals surface area (Å²) >= 11 is 0. The number of likely N-dealkylation sites (tertiary alicyclic amines) is 1. The van der Waals surface area contributed by atoms with Crippen LogP contribution in [0.4, 0.5) is 5.82 Å². The van der Waals surface area contributed by atoms with Crippen molar-refractivity contribution in [3.63, 3.8) is 0 Å². The van der Waals surface area contributed by atoms with E-state index in [1.54, 1.807) is 18.2 Å². The molecule has 10 nitrogen and oxygen atoms in total. The van der Waals surface area contributed by atoms with Gasteiger partial charge in [0.15, 0.2) is 11.5 Å². The standard InChI is InChI=1S/C33H30N6O4/c1-41-25-9-7-23(8-10-25)21-39-33-31(32(37-39)36-24-17-20-38(22-24)30(40)15-18-34)29(16-19-35-33)43-28-13-11-27(12-14-28)42-26-5-3-2-4-6-26/h2-14,16,19,24H,15,17,20-22H2,1H3,(H,36,37). The molecule has 3 heterocycles. The third-order valence-corrected chi connectivity index (χ3v) is 7.23. The third-order valence-electron chi connectivity index (χ3n) is 7.23. The van der Waals surface area contributed by atoms with Gasteiger partial charge in [0, 0.05) is 31.4 Å². The van der Waals surface area contributed by atoms with Crippen molar-refractivity contribution >= 4 is 22.8 Å². The van der Waals surface area contributed by atoms with Gasteiger partial charge in [-0.25, -0.2) is 9.67 Å². The Bertz CT molecular complexity index is 1750. The Morgan fingerprint density at radius 1 is 0.953 bits per heavy atom. The van der Waals surface area contributed by atoms with Gasteiger partial charge in [-0.15, -0.1) is 0 Å². The second-order valence-corrected chi connectivity index (χ2v) is 10.2. The Morgan fingerprint density at radius 3 is 2.37 bits per heavy atom. The maximum absolute atomic E-state index is 12.3. The number of carbonyl (C=O) groups excluding carboxylic acids is 1. The van der Waals surface area contributed by atoms with Crippen LogP contribution < -0.4 is 19.5 Å². The number of carbonyl (C=O) groups is 1. The molecule has 1 atom stereocenters. The second-order valence-electron chi connectivity index (χ2n) is 10.2. The molecule has 1 aliphatic rings. The fraction of sp³-hybridized carbons (Fsp3) is 0.212. The number of anilines is 1. The molecular formula is C33H30N6O4.